The summed E-state index contributed by atoms with van der Waals surface area (Å²) in [6.45, 7) is 0.874. The molecule has 0 radical (unpaired) electrons. The van der Waals surface area contributed by atoms with Gasteiger partial charge in [-0.15, -0.1) is 0 Å². The van der Waals surface area contributed by atoms with E-state index in [1.54, 1.807) is 18.1 Å². The highest BCUT2D eigenvalue weighted by Crippen LogP contribution is 2.35. The summed E-state index contributed by atoms with van der Waals surface area (Å²) < 4.78 is 71.7. The molecule has 2 atom stereocenters. The minimum absolute atomic E-state index is 0.0587. The summed E-state index contributed by atoms with van der Waals surface area (Å²) in [5.41, 5.74) is 1.17. The van der Waals surface area contributed by atoms with Crippen molar-refractivity contribution in [3.8, 4) is 11.8 Å². The van der Waals surface area contributed by atoms with Gasteiger partial charge in [-0.25, -0.2) is 8.78 Å². The van der Waals surface area contributed by atoms with E-state index in [1.807, 2.05) is 0 Å². The second-order valence-corrected chi connectivity index (χ2v) is 8.67. The first-order valence-electron chi connectivity index (χ1n) is 11.1. The molecule has 0 saturated carbocycles. The van der Waals surface area contributed by atoms with Crippen LogP contribution in [0.5, 0.6) is 0 Å². The molecule has 4 rings (SSSR count). The third-order valence-corrected chi connectivity index (χ3v) is 6.42. The van der Waals surface area contributed by atoms with Crippen molar-refractivity contribution >= 4 is 16.3 Å². The summed E-state index contributed by atoms with van der Waals surface area (Å²) in [6, 6.07) is 5.99. The first-order chi connectivity index (χ1) is 15.3. The molecule has 0 N–H and O–H groups in total. The molecule has 6 heteroatoms. The van der Waals surface area contributed by atoms with Crippen molar-refractivity contribution in [2.24, 2.45) is 5.92 Å². The van der Waals surface area contributed by atoms with E-state index < -0.39 is 23.4 Å². The third kappa shape index (κ3) is 5.50. The zero-order valence-corrected chi connectivity index (χ0v) is 17.7. The Morgan fingerprint density at radius 3 is 2.56 bits per heavy atom. The van der Waals surface area contributed by atoms with Gasteiger partial charge in [0.05, 0.1) is 11.7 Å². The molecule has 1 heterocycles. The third-order valence-electron chi connectivity index (χ3n) is 6.42. The van der Waals surface area contributed by atoms with Crippen LogP contribution in [0, 0.1) is 29.4 Å². The van der Waals surface area contributed by atoms with Crippen LogP contribution >= 0.6 is 0 Å². The van der Waals surface area contributed by atoms with Crippen LogP contribution in [0.2, 0.25) is 0 Å². The Morgan fingerprint density at radius 2 is 1.88 bits per heavy atom. The van der Waals surface area contributed by atoms with Gasteiger partial charge < -0.3 is 4.74 Å². The van der Waals surface area contributed by atoms with Gasteiger partial charge in [0.25, 0.3) is 0 Å². The van der Waals surface area contributed by atoms with Crippen molar-refractivity contribution in [3.63, 3.8) is 0 Å². The zero-order chi connectivity index (χ0) is 22.7. The van der Waals surface area contributed by atoms with Crippen molar-refractivity contribution in [2.45, 2.75) is 63.6 Å². The second kappa shape index (κ2) is 9.62. The Labute approximate surface area is 184 Å². The SMILES string of the molecule is Fc1cc2cc(C3=CCC(CCC4CCCCO4)CC3)ccc2c(F)c1C#CC(F)(F)F. The largest absolute Gasteiger partial charge is 0.458 e. The smallest absolute Gasteiger partial charge is 0.378 e. The van der Waals surface area contributed by atoms with Crippen molar-refractivity contribution in [3.05, 3.63) is 53.1 Å². The summed E-state index contributed by atoms with van der Waals surface area (Å²) in [5.74, 6) is 0.987. The van der Waals surface area contributed by atoms with E-state index in [1.165, 1.54) is 12.5 Å². The normalized spacial score (nSPS) is 21.7. The Bertz CT molecular complexity index is 1070. The topological polar surface area (TPSA) is 9.23 Å². The summed E-state index contributed by atoms with van der Waals surface area (Å²) in [7, 11) is 0. The van der Waals surface area contributed by atoms with Crippen LogP contribution in [-0.4, -0.2) is 18.9 Å². The molecule has 0 spiro atoms. The lowest BCUT2D eigenvalue weighted by molar-refractivity contribution is -0.0696. The Kier molecular flexibility index (Phi) is 6.85. The Balaban J connectivity index is 1.48. The summed E-state index contributed by atoms with van der Waals surface area (Å²) in [6.07, 6.45) is 6.51. The molecule has 0 bridgehead atoms. The summed E-state index contributed by atoms with van der Waals surface area (Å²) >= 11 is 0. The van der Waals surface area contributed by atoms with Crippen LogP contribution in [0.25, 0.3) is 16.3 Å². The number of fused-ring (bicyclic) bond motifs is 1. The molecular weight excluding hydrogens is 423 g/mol. The van der Waals surface area contributed by atoms with Crippen LogP contribution in [-0.2, 0) is 4.74 Å². The molecule has 170 valence electrons. The van der Waals surface area contributed by atoms with Crippen LogP contribution in [0.1, 0.15) is 62.5 Å². The standard InChI is InChI=1S/C26H25F5O/c27-24-16-20-15-19(9-11-22(20)25(28)23(24)12-13-26(29,30)31)18-7-4-17(5-8-18)6-10-21-3-1-2-14-32-21/h7,9,11,15-17,21H,1-6,8,10,14H2. The van der Waals surface area contributed by atoms with Gasteiger partial charge in [-0.2, -0.15) is 13.2 Å². The average Bonchev–Trinajstić information content (AvgIpc) is 2.77. The fraction of sp³-hybridized carbons (Fsp3) is 0.462. The highest BCUT2D eigenvalue weighted by molar-refractivity contribution is 5.88. The lowest BCUT2D eigenvalue weighted by Crippen LogP contribution is -2.20. The minimum atomic E-state index is -4.81. The number of halogens is 5. The Morgan fingerprint density at radius 1 is 1.03 bits per heavy atom. The van der Waals surface area contributed by atoms with Gasteiger partial charge >= 0.3 is 6.18 Å². The molecule has 2 aromatic rings. The fourth-order valence-corrected chi connectivity index (χ4v) is 4.65. The highest BCUT2D eigenvalue weighted by Gasteiger charge is 2.24. The van der Waals surface area contributed by atoms with Gasteiger partial charge in [0.2, 0.25) is 0 Å². The number of allylic oxidation sites excluding steroid dienone is 2. The maximum absolute atomic E-state index is 14.6. The zero-order valence-electron chi connectivity index (χ0n) is 17.7. The van der Waals surface area contributed by atoms with Crippen molar-refractivity contribution in [2.75, 3.05) is 6.61 Å². The molecule has 0 aromatic heterocycles. The molecule has 0 amide bonds. The van der Waals surface area contributed by atoms with Gasteiger partial charge in [0, 0.05) is 17.9 Å². The predicted molar refractivity (Wildman–Crippen MR) is 115 cm³/mol. The molecule has 1 nitrogen and oxygen atoms in total. The number of hydrogen-bond acceptors (Lipinski definition) is 1. The lowest BCUT2D eigenvalue weighted by atomic mass is 9.83. The first kappa shape index (κ1) is 22.8. The highest BCUT2D eigenvalue weighted by atomic mass is 19.4. The molecule has 1 aliphatic carbocycles. The molecule has 2 unspecified atom stereocenters. The van der Waals surface area contributed by atoms with Crippen LogP contribution in [0.3, 0.4) is 0 Å². The second-order valence-electron chi connectivity index (χ2n) is 8.67. The molecule has 1 aliphatic heterocycles. The van der Waals surface area contributed by atoms with Gasteiger partial charge in [0.1, 0.15) is 11.6 Å². The van der Waals surface area contributed by atoms with Gasteiger partial charge in [0.15, 0.2) is 0 Å². The first-order valence-corrected chi connectivity index (χ1v) is 11.1. The Hall–Kier alpha value is -2.39. The van der Waals surface area contributed by atoms with Gasteiger partial charge in [-0.05, 0) is 85.9 Å². The predicted octanol–water partition coefficient (Wildman–Crippen LogP) is 7.56. The average molecular weight is 448 g/mol. The molecule has 2 aliphatic rings. The number of benzene rings is 2. The van der Waals surface area contributed by atoms with E-state index in [4.69, 9.17) is 4.74 Å². The van der Waals surface area contributed by atoms with E-state index in [9.17, 15) is 22.0 Å². The van der Waals surface area contributed by atoms with Gasteiger partial charge in [-0.3, -0.25) is 0 Å². The number of hydrogen-bond donors (Lipinski definition) is 0. The van der Waals surface area contributed by atoms with Crippen molar-refractivity contribution in [1.82, 2.24) is 0 Å². The molecule has 2 aromatic carbocycles. The van der Waals surface area contributed by atoms with E-state index in [0.29, 0.717) is 17.4 Å². The van der Waals surface area contributed by atoms with Crippen LogP contribution in [0.4, 0.5) is 22.0 Å². The van der Waals surface area contributed by atoms with E-state index in [2.05, 4.69) is 6.08 Å². The molecular formula is C26H25F5O. The van der Waals surface area contributed by atoms with Gasteiger partial charge in [-0.1, -0.05) is 24.1 Å². The molecule has 32 heavy (non-hydrogen) atoms. The fourth-order valence-electron chi connectivity index (χ4n) is 4.65. The van der Waals surface area contributed by atoms with E-state index in [0.717, 1.165) is 74.7 Å². The minimum Gasteiger partial charge on any atom is -0.378 e. The van der Waals surface area contributed by atoms with Crippen molar-refractivity contribution < 1.29 is 26.7 Å². The maximum atomic E-state index is 14.6. The summed E-state index contributed by atoms with van der Waals surface area (Å²) in [5, 5.41) is 0.371. The number of rotatable bonds is 4. The van der Waals surface area contributed by atoms with Crippen LogP contribution in [0.15, 0.2) is 30.3 Å². The number of ether oxygens (including phenoxy) is 1. The monoisotopic (exact) mass is 448 g/mol. The maximum Gasteiger partial charge on any atom is 0.458 e. The van der Waals surface area contributed by atoms with E-state index >= 15 is 0 Å². The quantitative estimate of drug-likeness (QED) is 0.346. The molecule has 1 saturated heterocycles. The van der Waals surface area contributed by atoms with Crippen LogP contribution < -0.4 is 0 Å². The lowest BCUT2D eigenvalue weighted by Gasteiger charge is -2.26. The molecule has 1 fully saturated rings. The van der Waals surface area contributed by atoms with E-state index in [-0.39, 0.29) is 5.39 Å². The number of alkyl halides is 3. The summed E-state index contributed by atoms with van der Waals surface area (Å²) in [4.78, 5) is 0. The van der Waals surface area contributed by atoms with Crippen molar-refractivity contribution in [1.29, 1.82) is 0 Å².